The Labute approximate surface area is 88.9 Å². The smallest absolute Gasteiger partial charge is 0.304 e. The number of hydrogen-bond acceptors (Lipinski definition) is 2. The number of nitrogens with one attached hydrogen (secondary N) is 1. The number of carboxylic acids is 1. The Kier molecular flexibility index (Phi) is 2.34. The van der Waals surface area contributed by atoms with E-state index in [1.807, 2.05) is 0 Å². The van der Waals surface area contributed by atoms with Gasteiger partial charge in [0.05, 0.1) is 12.3 Å². The summed E-state index contributed by atoms with van der Waals surface area (Å²) in [6.45, 7) is 0. The van der Waals surface area contributed by atoms with Crippen molar-refractivity contribution in [3.8, 4) is 0 Å². The number of carboxylic acid groups (broad SMARTS) is 1. The molecular weight excluding hydrogens is 220 g/mol. The number of anilines is 1. The van der Waals surface area contributed by atoms with Gasteiger partial charge in [-0.2, -0.15) is 0 Å². The summed E-state index contributed by atoms with van der Waals surface area (Å²) < 4.78 is 25.8. The van der Waals surface area contributed by atoms with Crippen molar-refractivity contribution in [1.29, 1.82) is 0 Å². The Morgan fingerprint density at radius 1 is 1.38 bits per heavy atom. The average molecular weight is 227 g/mol. The molecule has 4 nitrogen and oxygen atoms in total. The van der Waals surface area contributed by atoms with Crippen LogP contribution in [-0.4, -0.2) is 17.0 Å². The number of carbonyl (C=O) groups excluding carboxylic acids is 1. The molecule has 6 heteroatoms. The number of carbonyl (C=O) groups is 2. The number of hydrogen-bond donors (Lipinski definition) is 2. The molecule has 0 saturated carbocycles. The van der Waals surface area contributed by atoms with Gasteiger partial charge in [-0.25, -0.2) is 8.78 Å². The molecule has 84 valence electrons. The second-order valence-electron chi connectivity index (χ2n) is 3.49. The van der Waals surface area contributed by atoms with Crippen LogP contribution >= 0.6 is 0 Å². The van der Waals surface area contributed by atoms with Crippen LogP contribution in [0.5, 0.6) is 0 Å². The lowest BCUT2D eigenvalue weighted by molar-refractivity contribution is -0.138. The second-order valence-corrected chi connectivity index (χ2v) is 3.49. The van der Waals surface area contributed by atoms with Crippen LogP contribution < -0.4 is 5.32 Å². The summed E-state index contributed by atoms with van der Waals surface area (Å²) in [5.74, 6) is -4.84. The highest BCUT2D eigenvalue weighted by Crippen LogP contribution is 2.35. The largest absolute Gasteiger partial charge is 0.481 e. The molecule has 1 aliphatic heterocycles. The molecule has 0 aliphatic carbocycles. The summed E-state index contributed by atoms with van der Waals surface area (Å²) in [7, 11) is 0. The van der Waals surface area contributed by atoms with E-state index >= 15 is 0 Å². The van der Waals surface area contributed by atoms with Crippen LogP contribution in [0.2, 0.25) is 0 Å². The number of benzene rings is 1. The van der Waals surface area contributed by atoms with Gasteiger partial charge in [0.2, 0.25) is 5.91 Å². The van der Waals surface area contributed by atoms with Gasteiger partial charge >= 0.3 is 5.97 Å². The lowest BCUT2D eigenvalue weighted by Gasteiger charge is -2.05. The predicted molar refractivity (Wildman–Crippen MR) is 50.0 cm³/mol. The quantitative estimate of drug-likeness (QED) is 0.804. The van der Waals surface area contributed by atoms with E-state index < -0.39 is 35.8 Å². The summed E-state index contributed by atoms with van der Waals surface area (Å²) >= 11 is 0. The summed E-state index contributed by atoms with van der Waals surface area (Å²) in [5.41, 5.74) is 0.321. The van der Waals surface area contributed by atoms with E-state index in [1.54, 1.807) is 0 Å². The first-order valence-corrected chi connectivity index (χ1v) is 4.50. The van der Waals surface area contributed by atoms with Crippen LogP contribution in [0.4, 0.5) is 14.5 Å². The third kappa shape index (κ3) is 1.62. The standard InChI is InChI=1S/C10H7F2NO3/c11-6-1-4-5(2-9(14)15)10(16)13-8(4)3-7(6)12/h1,3,5H,2H2,(H,13,16)(H,14,15). The number of aliphatic carboxylic acids is 1. The third-order valence-electron chi connectivity index (χ3n) is 2.42. The van der Waals surface area contributed by atoms with E-state index in [9.17, 15) is 18.4 Å². The highest BCUT2D eigenvalue weighted by atomic mass is 19.2. The minimum absolute atomic E-state index is 0.134. The van der Waals surface area contributed by atoms with Gasteiger partial charge in [0.1, 0.15) is 0 Å². The fraction of sp³-hybridized carbons (Fsp3) is 0.200. The Morgan fingerprint density at radius 2 is 2.00 bits per heavy atom. The Balaban J connectivity index is 2.44. The van der Waals surface area contributed by atoms with E-state index in [-0.39, 0.29) is 11.3 Å². The lowest BCUT2D eigenvalue weighted by Crippen LogP contribution is -2.15. The molecule has 1 aromatic carbocycles. The molecule has 0 aromatic heterocycles. The molecule has 0 fully saturated rings. The van der Waals surface area contributed by atoms with Gasteiger partial charge in [-0.3, -0.25) is 9.59 Å². The second kappa shape index (κ2) is 3.55. The molecule has 2 rings (SSSR count). The van der Waals surface area contributed by atoms with Crippen LogP contribution in [0.15, 0.2) is 12.1 Å². The highest BCUT2D eigenvalue weighted by molar-refractivity contribution is 6.04. The normalized spacial score (nSPS) is 18.1. The molecule has 1 aliphatic rings. The zero-order chi connectivity index (χ0) is 11.9. The molecule has 16 heavy (non-hydrogen) atoms. The maximum absolute atomic E-state index is 13.0. The van der Waals surface area contributed by atoms with Gasteiger partial charge in [-0.15, -0.1) is 0 Å². The first kappa shape index (κ1) is 10.5. The van der Waals surface area contributed by atoms with Crippen molar-refractivity contribution in [2.75, 3.05) is 5.32 Å². The monoisotopic (exact) mass is 227 g/mol. The molecule has 1 unspecified atom stereocenters. The van der Waals surface area contributed by atoms with E-state index in [0.717, 1.165) is 12.1 Å². The zero-order valence-corrected chi connectivity index (χ0v) is 7.96. The van der Waals surface area contributed by atoms with Crippen LogP contribution in [0.1, 0.15) is 17.9 Å². The number of rotatable bonds is 2. The third-order valence-corrected chi connectivity index (χ3v) is 2.42. The summed E-state index contributed by atoms with van der Waals surface area (Å²) in [6.07, 6.45) is -0.441. The van der Waals surface area contributed by atoms with Crippen molar-refractivity contribution >= 4 is 17.6 Å². The van der Waals surface area contributed by atoms with E-state index in [0.29, 0.717) is 0 Å². The van der Waals surface area contributed by atoms with Crippen LogP contribution in [-0.2, 0) is 9.59 Å². The minimum Gasteiger partial charge on any atom is -0.481 e. The van der Waals surface area contributed by atoms with Crippen LogP contribution in [0, 0.1) is 11.6 Å². The first-order valence-electron chi connectivity index (χ1n) is 4.50. The predicted octanol–water partition coefficient (Wildman–Crippen LogP) is 1.48. The summed E-state index contributed by atoms with van der Waals surface area (Å²) in [4.78, 5) is 21.9. The molecule has 0 radical (unpaired) electrons. The van der Waals surface area contributed by atoms with Crippen molar-refractivity contribution in [3.05, 3.63) is 29.3 Å². The van der Waals surface area contributed by atoms with Gasteiger partial charge in [0.15, 0.2) is 11.6 Å². The van der Waals surface area contributed by atoms with Crippen molar-refractivity contribution < 1.29 is 23.5 Å². The number of fused-ring (bicyclic) bond motifs is 1. The van der Waals surface area contributed by atoms with Crippen molar-refractivity contribution in [2.24, 2.45) is 0 Å². The Hall–Kier alpha value is -1.98. The van der Waals surface area contributed by atoms with Gasteiger partial charge < -0.3 is 10.4 Å². The van der Waals surface area contributed by atoms with Crippen LogP contribution in [0.3, 0.4) is 0 Å². The molecular formula is C10H7F2NO3. The number of halogens is 2. The van der Waals surface area contributed by atoms with Crippen molar-refractivity contribution in [2.45, 2.75) is 12.3 Å². The molecule has 0 bridgehead atoms. The van der Waals surface area contributed by atoms with Crippen molar-refractivity contribution in [3.63, 3.8) is 0 Å². The lowest BCUT2D eigenvalue weighted by atomic mass is 9.97. The van der Waals surface area contributed by atoms with Gasteiger partial charge in [0.25, 0.3) is 0 Å². The van der Waals surface area contributed by atoms with Gasteiger partial charge in [-0.1, -0.05) is 0 Å². The van der Waals surface area contributed by atoms with Gasteiger partial charge in [-0.05, 0) is 11.6 Å². The molecule has 1 aromatic rings. The van der Waals surface area contributed by atoms with Gasteiger partial charge in [0, 0.05) is 11.8 Å². The van der Waals surface area contributed by atoms with E-state index in [4.69, 9.17) is 5.11 Å². The average Bonchev–Trinajstić information content (AvgIpc) is 2.45. The first-order chi connectivity index (χ1) is 7.49. The summed E-state index contributed by atoms with van der Waals surface area (Å²) in [5, 5.41) is 10.9. The SMILES string of the molecule is O=C(O)CC1C(=O)Nc2cc(F)c(F)cc21. The maximum Gasteiger partial charge on any atom is 0.304 e. The Bertz CT molecular complexity index is 487. The maximum atomic E-state index is 13.0. The zero-order valence-electron chi connectivity index (χ0n) is 7.96. The molecule has 1 heterocycles. The Morgan fingerprint density at radius 3 is 2.62 bits per heavy atom. The molecule has 0 spiro atoms. The van der Waals surface area contributed by atoms with Crippen LogP contribution in [0.25, 0.3) is 0 Å². The van der Waals surface area contributed by atoms with Crippen molar-refractivity contribution in [1.82, 2.24) is 0 Å². The summed E-state index contributed by atoms with van der Waals surface area (Å²) in [6, 6.07) is 1.71. The molecule has 1 atom stereocenters. The topological polar surface area (TPSA) is 66.4 Å². The highest BCUT2D eigenvalue weighted by Gasteiger charge is 2.33. The number of amides is 1. The molecule has 2 N–H and O–H groups in total. The molecule has 1 amide bonds. The fourth-order valence-electron chi connectivity index (χ4n) is 1.70. The molecule has 0 saturated heterocycles. The van der Waals surface area contributed by atoms with E-state index in [1.165, 1.54) is 0 Å². The van der Waals surface area contributed by atoms with E-state index in [2.05, 4.69) is 5.32 Å². The minimum atomic E-state index is -1.17. The fourth-order valence-corrected chi connectivity index (χ4v) is 1.70.